The maximum Gasteiger partial charge on any atom is 0.221 e. The van der Waals surface area contributed by atoms with Gasteiger partial charge in [0.05, 0.1) is 0 Å². The van der Waals surface area contributed by atoms with Crippen LogP contribution in [-0.4, -0.2) is 19.0 Å². The minimum atomic E-state index is -0.210. The Balaban J connectivity index is 3.04. The number of carbonyl (C=O) groups is 1. The highest BCUT2D eigenvalue weighted by molar-refractivity contribution is 5.76. The van der Waals surface area contributed by atoms with Gasteiger partial charge in [0.2, 0.25) is 5.91 Å². The van der Waals surface area contributed by atoms with Crippen molar-refractivity contribution in [3.05, 3.63) is 0 Å². The number of hydrogen-bond acceptors (Lipinski definition) is 2. The van der Waals surface area contributed by atoms with Gasteiger partial charge in [0.25, 0.3) is 0 Å². The highest BCUT2D eigenvalue weighted by atomic mass is 16.1. The fraction of sp³-hybridized carbons (Fsp3) is 0.950. The molecule has 0 fully saturated rings. The molecule has 138 valence electrons. The van der Waals surface area contributed by atoms with Gasteiger partial charge in [-0.2, -0.15) is 0 Å². The summed E-state index contributed by atoms with van der Waals surface area (Å²) < 4.78 is 0. The lowest BCUT2D eigenvalue weighted by molar-refractivity contribution is -0.121. The molecular weight excluding hydrogens is 284 g/mol. The lowest BCUT2D eigenvalue weighted by Gasteiger charge is -2.08. The number of primary amides is 1. The predicted octanol–water partition coefficient (Wildman–Crippen LogP) is 5.18. The average molecular weight is 327 g/mol. The number of carbonyl (C=O) groups excluding carboxylic acids is 1. The molecule has 0 radical (unpaired) electrons. The van der Waals surface area contributed by atoms with Gasteiger partial charge >= 0.3 is 0 Å². The van der Waals surface area contributed by atoms with E-state index in [-0.39, 0.29) is 11.8 Å². The third-order valence-corrected chi connectivity index (χ3v) is 4.64. The lowest BCUT2D eigenvalue weighted by Crippen LogP contribution is -2.31. The molecule has 0 aromatic heterocycles. The van der Waals surface area contributed by atoms with Crippen molar-refractivity contribution in [1.29, 1.82) is 0 Å². The van der Waals surface area contributed by atoms with E-state index in [0.717, 1.165) is 6.54 Å². The number of rotatable bonds is 18. The maximum absolute atomic E-state index is 10.9. The molecule has 3 N–H and O–H groups in total. The summed E-state index contributed by atoms with van der Waals surface area (Å²) in [5.41, 5.74) is 5.22. The van der Waals surface area contributed by atoms with Gasteiger partial charge in [0.1, 0.15) is 0 Å². The first-order valence-electron chi connectivity index (χ1n) is 10.2. The molecule has 0 saturated carbocycles. The van der Waals surface area contributed by atoms with E-state index in [0.29, 0.717) is 6.54 Å². The fourth-order valence-corrected chi connectivity index (χ4v) is 2.86. The molecule has 0 heterocycles. The molecule has 1 atom stereocenters. The van der Waals surface area contributed by atoms with E-state index in [2.05, 4.69) is 12.2 Å². The zero-order valence-corrected chi connectivity index (χ0v) is 15.9. The van der Waals surface area contributed by atoms with Crippen molar-refractivity contribution >= 4 is 5.91 Å². The first-order valence-corrected chi connectivity index (χ1v) is 10.2. The van der Waals surface area contributed by atoms with Gasteiger partial charge in [-0.25, -0.2) is 0 Å². The molecule has 0 aromatic carbocycles. The molecule has 0 bridgehead atoms. The van der Waals surface area contributed by atoms with Gasteiger partial charge in [-0.1, -0.05) is 97.3 Å². The van der Waals surface area contributed by atoms with Gasteiger partial charge in [0.15, 0.2) is 0 Å². The number of nitrogens with one attached hydrogen (secondary N) is 1. The van der Waals surface area contributed by atoms with Crippen LogP contribution in [0.1, 0.15) is 104 Å². The first-order chi connectivity index (χ1) is 11.2. The molecule has 23 heavy (non-hydrogen) atoms. The van der Waals surface area contributed by atoms with E-state index in [1.165, 1.54) is 89.9 Å². The Kier molecular flexibility index (Phi) is 17.3. The summed E-state index contributed by atoms with van der Waals surface area (Å²) in [5, 5.41) is 3.31. The largest absolute Gasteiger partial charge is 0.369 e. The van der Waals surface area contributed by atoms with E-state index < -0.39 is 0 Å². The molecule has 0 aliphatic heterocycles. The third-order valence-electron chi connectivity index (χ3n) is 4.64. The van der Waals surface area contributed by atoms with Crippen LogP contribution < -0.4 is 11.1 Å². The van der Waals surface area contributed by atoms with Crippen LogP contribution in [0.5, 0.6) is 0 Å². The fourth-order valence-electron chi connectivity index (χ4n) is 2.86. The Morgan fingerprint density at radius 1 is 0.783 bits per heavy atom. The summed E-state index contributed by atoms with van der Waals surface area (Å²) in [4.78, 5) is 10.9. The highest BCUT2D eigenvalue weighted by Crippen LogP contribution is 2.12. The van der Waals surface area contributed by atoms with Crippen molar-refractivity contribution in [1.82, 2.24) is 5.32 Å². The Hall–Kier alpha value is -0.570. The van der Waals surface area contributed by atoms with Crippen molar-refractivity contribution < 1.29 is 4.79 Å². The van der Waals surface area contributed by atoms with Gasteiger partial charge in [0, 0.05) is 12.5 Å². The smallest absolute Gasteiger partial charge is 0.221 e. The molecule has 1 amide bonds. The van der Waals surface area contributed by atoms with Crippen LogP contribution in [0.4, 0.5) is 0 Å². The summed E-state index contributed by atoms with van der Waals surface area (Å²) >= 11 is 0. The molecule has 1 unspecified atom stereocenters. The van der Waals surface area contributed by atoms with E-state index in [1.54, 1.807) is 0 Å². The Morgan fingerprint density at radius 2 is 1.17 bits per heavy atom. The summed E-state index contributed by atoms with van der Waals surface area (Å²) in [6, 6.07) is 0. The SMILES string of the molecule is CCCCCCCCCCCCCCCCNCC(C)C(N)=O. The van der Waals surface area contributed by atoms with Gasteiger partial charge in [-0.15, -0.1) is 0 Å². The quantitative estimate of drug-likeness (QED) is 0.341. The monoisotopic (exact) mass is 326 g/mol. The molecule has 0 aliphatic rings. The molecule has 0 rings (SSSR count). The van der Waals surface area contributed by atoms with Crippen LogP contribution >= 0.6 is 0 Å². The molecule has 3 nitrogen and oxygen atoms in total. The average Bonchev–Trinajstić information content (AvgIpc) is 2.54. The zero-order chi connectivity index (χ0) is 17.2. The summed E-state index contributed by atoms with van der Waals surface area (Å²) in [5.74, 6) is -0.264. The van der Waals surface area contributed by atoms with Crippen LogP contribution in [0.2, 0.25) is 0 Å². The molecule has 0 aromatic rings. The van der Waals surface area contributed by atoms with Gasteiger partial charge < -0.3 is 11.1 Å². The van der Waals surface area contributed by atoms with E-state index >= 15 is 0 Å². The lowest BCUT2D eigenvalue weighted by atomic mass is 10.0. The number of unbranched alkanes of at least 4 members (excludes halogenated alkanes) is 13. The number of hydrogen-bond donors (Lipinski definition) is 2. The van der Waals surface area contributed by atoms with Gasteiger partial charge in [-0.3, -0.25) is 4.79 Å². The van der Waals surface area contributed by atoms with Crippen LogP contribution in [-0.2, 0) is 4.79 Å². The van der Waals surface area contributed by atoms with Crippen LogP contribution in [0, 0.1) is 5.92 Å². The topological polar surface area (TPSA) is 55.1 Å². The first kappa shape index (κ1) is 22.4. The molecular formula is C20H42N2O. The van der Waals surface area contributed by atoms with Crippen molar-refractivity contribution in [2.45, 2.75) is 104 Å². The Labute approximate surface area is 145 Å². The second-order valence-corrected chi connectivity index (χ2v) is 7.10. The van der Waals surface area contributed by atoms with Crippen molar-refractivity contribution in [2.75, 3.05) is 13.1 Å². The van der Waals surface area contributed by atoms with Crippen molar-refractivity contribution in [2.24, 2.45) is 11.7 Å². The minimum Gasteiger partial charge on any atom is -0.369 e. The second-order valence-electron chi connectivity index (χ2n) is 7.10. The summed E-state index contributed by atoms with van der Waals surface area (Å²) in [6.45, 7) is 5.88. The Bertz CT molecular complexity index is 256. The van der Waals surface area contributed by atoms with E-state index in [9.17, 15) is 4.79 Å². The molecule has 3 heteroatoms. The zero-order valence-electron chi connectivity index (χ0n) is 15.9. The molecule has 0 saturated heterocycles. The predicted molar refractivity (Wildman–Crippen MR) is 102 cm³/mol. The third kappa shape index (κ3) is 17.6. The van der Waals surface area contributed by atoms with Crippen LogP contribution in [0.3, 0.4) is 0 Å². The number of amides is 1. The van der Waals surface area contributed by atoms with Crippen molar-refractivity contribution in [3.8, 4) is 0 Å². The molecule has 0 aliphatic carbocycles. The van der Waals surface area contributed by atoms with Crippen LogP contribution in [0.25, 0.3) is 0 Å². The standard InChI is InChI=1S/C20H42N2O/c1-3-4-5-6-7-8-9-10-11-12-13-14-15-16-17-22-18-19(2)20(21)23/h19,22H,3-18H2,1-2H3,(H2,21,23). The maximum atomic E-state index is 10.9. The molecule has 0 spiro atoms. The summed E-state index contributed by atoms with van der Waals surface area (Å²) in [6.07, 6.45) is 19.5. The summed E-state index contributed by atoms with van der Waals surface area (Å²) in [7, 11) is 0. The second kappa shape index (κ2) is 17.8. The number of nitrogens with two attached hydrogens (primary N) is 1. The van der Waals surface area contributed by atoms with Gasteiger partial charge in [-0.05, 0) is 13.0 Å². The normalized spacial score (nSPS) is 12.4. The minimum absolute atomic E-state index is 0.0540. The highest BCUT2D eigenvalue weighted by Gasteiger charge is 2.06. The van der Waals surface area contributed by atoms with E-state index in [4.69, 9.17) is 5.73 Å². The Morgan fingerprint density at radius 3 is 1.57 bits per heavy atom. The van der Waals surface area contributed by atoms with Crippen LogP contribution in [0.15, 0.2) is 0 Å². The van der Waals surface area contributed by atoms with Crippen molar-refractivity contribution in [3.63, 3.8) is 0 Å². The van der Waals surface area contributed by atoms with E-state index in [1.807, 2.05) is 6.92 Å².